The van der Waals surface area contributed by atoms with Gasteiger partial charge in [0.15, 0.2) is 0 Å². The first-order valence-corrected chi connectivity index (χ1v) is 6.83. The van der Waals surface area contributed by atoms with Crippen molar-refractivity contribution in [1.29, 1.82) is 0 Å². The minimum Gasteiger partial charge on any atom is -0.334 e. The van der Waals surface area contributed by atoms with Crippen molar-refractivity contribution in [2.24, 2.45) is 0 Å². The van der Waals surface area contributed by atoms with Crippen molar-refractivity contribution in [3.8, 4) is 0 Å². The minimum absolute atomic E-state index is 0. The summed E-state index contributed by atoms with van der Waals surface area (Å²) < 4.78 is 14.4. The van der Waals surface area contributed by atoms with Crippen LogP contribution in [0.15, 0.2) is 22.7 Å². The summed E-state index contributed by atoms with van der Waals surface area (Å²) in [6, 6.07) is 4.73. The number of carbonyl (C=O) groups excluding carboxylic acids is 1. The summed E-state index contributed by atoms with van der Waals surface area (Å²) in [6.07, 6.45) is 1.96. The highest BCUT2D eigenvalue weighted by molar-refractivity contribution is 9.10. The third-order valence-corrected chi connectivity index (χ3v) is 3.73. The molecule has 1 heterocycles. The molecule has 1 amide bonds. The Morgan fingerprint density at radius 2 is 2.32 bits per heavy atom. The first-order chi connectivity index (χ1) is 8.63. The van der Waals surface area contributed by atoms with Gasteiger partial charge in [0.2, 0.25) is 0 Å². The molecule has 0 bridgehead atoms. The molecule has 1 unspecified atom stereocenters. The summed E-state index contributed by atoms with van der Waals surface area (Å²) in [6.45, 7) is 1.46. The van der Waals surface area contributed by atoms with Gasteiger partial charge in [0, 0.05) is 23.6 Å². The highest BCUT2D eigenvalue weighted by atomic mass is 79.9. The Morgan fingerprint density at radius 3 is 2.95 bits per heavy atom. The third-order valence-electron chi connectivity index (χ3n) is 3.24. The molecule has 106 valence electrons. The predicted octanol–water partition coefficient (Wildman–Crippen LogP) is 2.83. The lowest BCUT2D eigenvalue weighted by molar-refractivity contribution is 0.0732. The molecule has 2 rings (SSSR count). The van der Waals surface area contributed by atoms with Crippen LogP contribution in [0.4, 0.5) is 4.39 Å². The van der Waals surface area contributed by atoms with Crippen molar-refractivity contribution in [1.82, 2.24) is 10.2 Å². The van der Waals surface area contributed by atoms with Gasteiger partial charge in [0.25, 0.3) is 5.91 Å². The summed E-state index contributed by atoms with van der Waals surface area (Å²) in [7, 11) is 1.86. The Hall–Kier alpha value is -0.650. The van der Waals surface area contributed by atoms with E-state index in [1.165, 1.54) is 12.1 Å². The quantitative estimate of drug-likeness (QED) is 0.908. The fourth-order valence-corrected chi connectivity index (χ4v) is 2.70. The normalized spacial score (nSPS) is 18.3. The maximum absolute atomic E-state index is 13.8. The molecule has 1 N–H and O–H groups in total. The van der Waals surface area contributed by atoms with Crippen LogP contribution in [0.2, 0.25) is 0 Å². The standard InChI is InChI=1S/C13H16BrFN2O.ClH/c1-16-8-10-3-2-6-17(10)13(18)11-5-4-9(14)7-12(11)15;/h4-5,7,10,16H,2-3,6,8H2,1H3;1H. The van der Waals surface area contributed by atoms with Gasteiger partial charge >= 0.3 is 0 Å². The van der Waals surface area contributed by atoms with Crippen LogP contribution in [0.1, 0.15) is 23.2 Å². The number of carbonyl (C=O) groups is 1. The van der Waals surface area contributed by atoms with Crippen LogP contribution in [0.3, 0.4) is 0 Å². The lowest BCUT2D eigenvalue weighted by Crippen LogP contribution is -2.41. The second kappa shape index (κ2) is 7.22. The van der Waals surface area contributed by atoms with Crippen molar-refractivity contribution < 1.29 is 9.18 Å². The molecule has 0 aromatic heterocycles. The number of amides is 1. The molecule has 0 aliphatic carbocycles. The Kier molecular flexibility index (Phi) is 6.23. The first-order valence-electron chi connectivity index (χ1n) is 6.04. The van der Waals surface area contributed by atoms with E-state index in [-0.39, 0.29) is 29.9 Å². The van der Waals surface area contributed by atoms with Crippen LogP contribution < -0.4 is 5.32 Å². The lowest BCUT2D eigenvalue weighted by Gasteiger charge is -2.24. The highest BCUT2D eigenvalue weighted by Crippen LogP contribution is 2.22. The van der Waals surface area contributed by atoms with Gasteiger partial charge in [0.05, 0.1) is 5.56 Å². The summed E-state index contributed by atoms with van der Waals surface area (Å²) in [5.74, 6) is -0.678. The molecule has 1 saturated heterocycles. The van der Waals surface area contributed by atoms with E-state index in [0.29, 0.717) is 11.0 Å². The molecule has 1 aromatic carbocycles. The molecule has 1 atom stereocenters. The monoisotopic (exact) mass is 350 g/mol. The number of hydrogen-bond donors (Lipinski definition) is 1. The molecule has 19 heavy (non-hydrogen) atoms. The number of rotatable bonds is 3. The van der Waals surface area contributed by atoms with Gasteiger partial charge in [-0.25, -0.2) is 4.39 Å². The number of nitrogens with one attached hydrogen (secondary N) is 1. The van der Waals surface area contributed by atoms with E-state index >= 15 is 0 Å². The molecule has 1 aromatic rings. The average molecular weight is 352 g/mol. The Bertz CT molecular complexity index is 458. The van der Waals surface area contributed by atoms with Gasteiger partial charge in [-0.05, 0) is 38.1 Å². The zero-order chi connectivity index (χ0) is 13.1. The molecule has 1 aliphatic rings. The zero-order valence-electron chi connectivity index (χ0n) is 10.7. The number of halogens is 3. The second-order valence-corrected chi connectivity index (χ2v) is 5.39. The molecular weight excluding hydrogens is 335 g/mol. The van der Waals surface area contributed by atoms with Gasteiger partial charge in [-0.15, -0.1) is 12.4 Å². The Balaban J connectivity index is 0.00000180. The van der Waals surface area contributed by atoms with Crippen molar-refractivity contribution in [2.45, 2.75) is 18.9 Å². The fourth-order valence-electron chi connectivity index (χ4n) is 2.37. The van der Waals surface area contributed by atoms with Crippen molar-refractivity contribution >= 4 is 34.2 Å². The number of benzene rings is 1. The van der Waals surface area contributed by atoms with Crippen LogP contribution in [0, 0.1) is 5.82 Å². The van der Waals surface area contributed by atoms with Gasteiger partial charge < -0.3 is 10.2 Å². The predicted molar refractivity (Wildman–Crippen MR) is 79.3 cm³/mol. The van der Waals surface area contributed by atoms with Crippen molar-refractivity contribution in [3.63, 3.8) is 0 Å². The molecule has 0 spiro atoms. The molecule has 0 radical (unpaired) electrons. The molecule has 1 fully saturated rings. The lowest BCUT2D eigenvalue weighted by atomic mass is 10.1. The molecule has 0 saturated carbocycles. The molecule has 6 heteroatoms. The van der Waals surface area contributed by atoms with Crippen molar-refractivity contribution in [2.75, 3.05) is 20.1 Å². The molecular formula is C13H17BrClFN2O. The SMILES string of the molecule is CNCC1CCCN1C(=O)c1ccc(Br)cc1F.Cl. The second-order valence-electron chi connectivity index (χ2n) is 4.48. The maximum Gasteiger partial charge on any atom is 0.257 e. The number of likely N-dealkylation sites (tertiary alicyclic amines) is 1. The van der Waals surface area contributed by atoms with Gasteiger partial charge in [-0.1, -0.05) is 15.9 Å². The van der Waals surface area contributed by atoms with Gasteiger partial charge in [-0.2, -0.15) is 0 Å². The van der Waals surface area contributed by atoms with Gasteiger partial charge in [0.1, 0.15) is 5.82 Å². The van der Waals surface area contributed by atoms with E-state index in [1.54, 1.807) is 11.0 Å². The Morgan fingerprint density at radius 1 is 1.58 bits per heavy atom. The smallest absolute Gasteiger partial charge is 0.257 e. The van der Waals surface area contributed by atoms with E-state index in [1.807, 2.05) is 7.05 Å². The van der Waals surface area contributed by atoms with Crippen LogP contribution in [0.5, 0.6) is 0 Å². The summed E-state index contributed by atoms with van der Waals surface area (Å²) in [5.41, 5.74) is 0.154. The topological polar surface area (TPSA) is 32.3 Å². The minimum atomic E-state index is -0.468. The van der Waals surface area contributed by atoms with E-state index < -0.39 is 5.82 Å². The van der Waals surface area contributed by atoms with E-state index in [4.69, 9.17) is 0 Å². The maximum atomic E-state index is 13.8. The fraction of sp³-hybridized carbons (Fsp3) is 0.462. The van der Waals surface area contributed by atoms with E-state index in [0.717, 1.165) is 19.4 Å². The third kappa shape index (κ3) is 3.68. The Labute approximate surface area is 127 Å². The molecule has 3 nitrogen and oxygen atoms in total. The van der Waals surface area contributed by atoms with Crippen molar-refractivity contribution in [3.05, 3.63) is 34.1 Å². The van der Waals surface area contributed by atoms with E-state index in [2.05, 4.69) is 21.2 Å². The highest BCUT2D eigenvalue weighted by Gasteiger charge is 2.30. The number of hydrogen-bond acceptors (Lipinski definition) is 2. The van der Waals surface area contributed by atoms with Crippen LogP contribution in [-0.4, -0.2) is 37.0 Å². The average Bonchev–Trinajstić information content (AvgIpc) is 2.77. The zero-order valence-corrected chi connectivity index (χ0v) is 13.1. The summed E-state index contributed by atoms with van der Waals surface area (Å²) >= 11 is 3.19. The van der Waals surface area contributed by atoms with Gasteiger partial charge in [-0.3, -0.25) is 4.79 Å². The largest absolute Gasteiger partial charge is 0.334 e. The number of likely N-dealkylation sites (N-methyl/N-ethyl adjacent to an activating group) is 1. The summed E-state index contributed by atoms with van der Waals surface area (Å²) in [4.78, 5) is 14.1. The van der Waals surface area contributed by atoms with E-state index in [9.17, 15) is 9.18 Å². The van der Waals surface area contributed by atoms with Crippen LogP contribution in [-0.2, 0) is 0 Å². The van der Waals surface area contributed by atoms with Crippen LogP contribution in [0.25, 0.3) is 0 Å². The first kappa shape index (κ1) is 16.4. The van der Waals surface area contributed by atoms with Crippen LogP contribution >= 0.6 is 28.3 Å². The summed E-state index contributed by atoms with van der Waals surface area (Å²) in [5, 5.41) is 3.07. The number of nitrogens with zero attached hydrogens (tertiary/aromatic N) is 1. The molecule has 1 aliphatic heterocycles.